The Hall–Kier alpha value is -1.57. The van der Waals surface area contributed by atoms with Gasteiger partial charge >= 0.3 is 12.0 Å². The lowest BCUT2D eigenvalue weighted by Gasteiger charge is -2.18. The molecule has 0 saturated heterocycles. The lowest BCUT2D eigenvalue weighted by Crippen LogP contribution is -2.49. The van der Waals surface area contributed by atoms with Gasteiger partial charge in [0.15, 0.2) is 9.84 Å². The molecule has 0 spiro atoms. The molecule has 0 aromatic rings. The van der Waals surface area contributed by atoms with Gasteiger partial charge in [-0.15, -0.1) is 0 Å². The van der Waals surface area contributed by atoms with Gasteiger partial charge in [0.25, 0.3) is 0 Å². The molecule has 2 unspecified atom stereocenters. The summed E-state index contributed by atoms with van der Waals surface area (Å²) < 4.78 is 22.3. The number of carbonyl (C=O) groups excluding carboxylic acids is 1. The summed E-state index contributed by atoms with van der Waals surface area (Å²) in [7, 11) is -3.24. The number of amides is 2. The Balaban J connectivity index is 2.50. The summed E-state index contributed by atoms with van der Waals surface area (Å²) in [4.78, 5) is 22.6. The molecule has 0 bridgehead atoms. The monoisotopic (exact) mass is 290 g/mol. The van der Waals surface area contributed by atoms with E-state index in [4.69, 9.17) is 5.11 Å². The SMILES string of the molecule is CC(C)CC(NC(=O)NC1C=CS(=O)(=O)C1)C(=O)O. The van der Waals surface area contributed by atoms with Crippen LogP contribution in [0.1, 0.15) is 20.3 Å². The number of hydrogen-bond acceptors (Lipinski definition) is 4. The first-order chi connectivity index (χ1) is 8.69. The highest BCUT2D eigenvalue weighted by Gasteiger charge is 2.25. The molecular weight excluding hydrogens is 272 g/mol. The summed E-state index contributed by atoms with van der Waals surface area (Å²) in [5.74, 6) is -1.19. The Morgan fingerprint density at radius 3 is 2.47 bits per heavy atom. The number of carboxylic acids is 1. The van der Waals surface area contributed by atoms with Gasteiger partial charge in [-0.3, -0.25) is 0 Å². The highest BCUT2D eigenvalue weighted by atomic mass is 32.2. The highest BCUT2D eigenvalue weighted by molar-refractivity contribution is 7.94. The maximum atomic E-state index is 11.6. The van der Waals surface area contributed by atoms with E-state index in [0.717, 1.165) is 5.41 Å². The molecule has 1 aliphatic heterocycles. The van der Waals surface area contributed by atoms with E-state index < -0.39 is 33.9 Å². The molecule has 8 heteroatoms. The topological polar surface area (TPSA) is 113 Å². The van der Waals surface area contributed by atoms with Crippen molar-refractivity contribution in [1.29, 1.82) is 0 Å². The highest BCUT2D eigenvalue weighted by Crippen LogP contribution is 2.08. The molecule has 0 aromatic heterocycles. The molecule has 7 nitrogen and oxygen atoms in total. The number of aliphatic carboxylic acids is 1. The van der Waals surface area contributed by atoms with Crippen molar-refractivity contribution in [3.05, 3.63) is 11.5 Å². The largest absolute Gasteiger partial charge is 0.480 e. The predicted molar refractivity (Wildman–Crippen MR) is 69.3 cm³/mol. The summed E-state index contributed by atoms with van der Waals surface area (Å²) in [5, 5.41) is 14.7. The molecule has 19 heavy (non-hydrogen) atoms. The second kappa shape index (κ2) is 6.05. The molecule has 108 valence electrons. The molecule has 2 amide bonds. The average molecular weight is 290 g/mol. The van der Waals surface area contributed by atoms with E-state index >= 15 is 0 Å². The molecule has 1 rings (SSSR count). The number of sulfone groups is 1. The third-order valence-corrected chi connectivity index (χ3v) is 3.95. The zero-order chi connectivity index (χ0) is 14.6. The number of carbonyl (C=O) groups is 2. The van der Waals surface area contributed by atoms with Gasteiger partial charge in [-0.05, 0) is 18.4 Å². The molecule has 0 radical (unpaired) electrons. The first-order valence-corrected chi connectivity index (χ1v) is 7.62. The maximum absolute atomic E-state index is 11.6. The summed E-state index contributed by atoms with van der Waals surface area (Å²) in [6, 6.07) is -2.28. The van der Waals surface area contributed by atoms with Crippen molar-refractivity contribution in [3.8, 4) is 0 Å². The van der Waals surface area contributed by atoms with Crippen LogP contribution in [0.2, 0.25) is 0 Å². The Bertz CT molecular complexity index is 483. The van der Waals surface area contributed by atoms with Gasteiger partial charge in [-0.1, -0.05) is 13.8 Å². The van der Waals surface area contributed by atoms with Crippen molar-refractivity contribution < 1.29 is 23.1 Å². The van der Waals surface area contributed by atoms with Crippen LogP contribution in [0.5, 0.6) is 0 Å². The Morgan fingerprint density at radius 1 is 1.42 bits per heavy atom. The van der Waals surface area contributed by atoms with Crippen molar-refractivity contribution in [2.24, 2.45) is 5.92 Å². The van der Waals surface area contributed by atoms with Crippen LogP contribution in [-0.4, -0.2) is 43.4 Å². The molecule has 1 aliphatic rings. The van der Waals surface area contributed by atoms with Crippen LogP contribution in [0.3, 0.4) is 0 Å². The van der Waals surface area contributed by atoms with Crippen molar-refractivity contribution >= 4 is 21.8 Å². The van der Waals surface area contributed by atoms with Crippen LogP contribution in [0.15, 0.2) is 11.5 Å². The minimum absolute atomic E-state index is 0.119. The van der Waals surface area contributed by atoms with E-state index in [1.54, 1.807) is 0 Å². The fourth-order valence-electron chi connectivity index (χ4n) is 1.73. The van der Waals surface area contributed by atoms with Gasteiger partial charge in [0.2, 0.25) is 0 Å². The average Bonchev–Trinajstić information content (AvgIpc) is 2.56. The number of urea groups is 1. The van der Waals surface area contributed by atoms with Crippen LogP contribution in [-0.2, 0) is 14.6 Å². The standard InChI is InChI=1S/C11H18N2O5S/c1-7(2)5-9(10(14)15)13-11(16)12-8-3-4-19(17,18)6-8/h3-4,7-9H,5-6H2,1-2H3,(H,14,15)(H2,12,13,16). The fraction of sp³-hybridized carbons (Fsp3) is 0.636. The van der Waals surface area contributed by atoms with Gasteiger partial charge in [-0.25, -0.2) is 18.0 Å². The molecule has 3 N–H and O–H groups in total. The second-order valence-corrected chi connectivity index (χ2v) is 6.83. The van der Waals surface area contributed by atoms with Gasteiger partial charge in [0.05, 0.1) is 11.8 Å². The first kappa shape index (κ1) is 15.5. The van der Waals surface area contributed by atoms with E-state index in [-0.39, 0.29) is 11.7 Å². The van der Waals surface area contributed by atoms with E-state index in [9.17, 15) is 18.0 Å². The minimum Gasteiger partial charge on any atom is -0.480 e. The first-order valence-electron chi connectivity index (χ1n) is 5.90. The van der Waals surface area contributed by atoms with E-state index in [2.05, 4.69) is 10.6 Å². The van der Waals surface area contributed by atoms with Gasteiger partial charge in [0.1, 0.15) is 6.04 Å². The summed E-state index contributed by atoms with van der Waals surface area (Å²) >= 11 is 0. The minimum atomic E-state index is -3.24. The van der Waals surface area contributed by atoms with Crippen LogP contribution in [0.25, 0.3) is 0 Å². The fourth-order valence-corrected chi connectivity index (χ4v) is 2.96. The third-order valence-electron chi connectivity index (χ3n) is 2.56. The zero-order valence-electron chi connectivity index (χ0n) is 10.8. The lowest BCUT2D eigenvalue weighted by molar-refractivity contribution is -0.139. The van der Waals surface area contributed by atoms with Crippen LogP contribution >= 0.6 is 0 Å². The molecular formula is C11H18N2O5S. The summed E-state index contributed by atoms with van der Waals surface area (Å²) in [6.45, 7) is 3.70. The Kier molecular flexibility index (Phi) is 4.93. The number of rotatable bonds is 5. The quantitative estimate of drug-likeness (QED) is 0.664. The Morgan fingerprint density at radius 2 is 2.05 bits per heavy atom. The lowest BCUT2D eigenvalue weighted by atomic mass is 10.0. The normalized spacial score (nSPS) is 22.2. The molecule has 0 saturated carbocycles. The van der Waals surface area contributed by atoms with Crippen molar-refractivity contribution in [3.63, 3.8) is 0 Å². The van der Waals surface area contributed by atoms with E-state index in [0.29, 0.717) is 6.42 Å². The van der Waals surface area contributed by atoms with Crippen LogP contribution in [0, 0.1) is 5.92 Å². The predicted octanol–water partition coefficient (Wildman–Crippen LogP) is 0.0956. The summed E-state index contributed by atoms with van der Waals surface area (Å²) in [5.41, 5.74) is 0. The molecule has 0 fully saturated rings. The second-order valence-electron chi connectivity index (χ2n) is 4.90. The van der Waals surface area contributed by atoms with Crippen LogP contribution < -0.4 is 10.6 Å². The van der Waals surface area contributed by atoms with Gasteiger partial charge in [-0.2, -0.15) is 0 Å². The number of carboxylic acid groups (broad SMARTS) is 1. The zero-order valence-corrected chi connectivity index (χ0v) is 11.6. The van der Waals surface area contributed by atoms with Crippen LogP contribution in [0.4, 0.5) is 4.79 Å². The molecule has 2 atom stereocenters. The smallest absolute Gasteiger partial charge is 0.326 e. The molecule has 1 heterocycles. The maximum Gasteiger partial charge on any atom is 0.326 e. The molecule has 0 aliphatic carbocycles. The number of hydrogen-bond donors (Lipinski definition) is 3. The van der Waals surface area contributed by atoms with Crippen molar-refractivity contribution in [2.45, 2.75) is 32.4 Å². The molecule has 0 aromatic carbocycles. The third kappa shape index (κ3) is 5.29. The number of nitrogens with one attached hydrogen (secondary N) is 2. The van der Waals surface area contributed by atoms with E-state index in [1.807, 2.05) is 13.8 Å². The van der Waals surface area contributed by atoms with Gasteiger partial charge in [0, 0.05) is 5.41 Å². The summed E-state index contributed by atoms with van der Waals surface area (Å²) in [6.07, 6.45) is 1.68. The van der Waals surface area contributed by atoms with Crippen molar-refractivity contribution in [1.82, 2.24) is 10.6 Å². The van der Waals surface area contributed by atoms with E-state index in [1.165, 1.54) is 6.08 Å². The Labute approximate surface area is 112 Å². The van der Waals surface area contributed by atoms with Crippen molar-refractivity contribution in [2.75, 3.05) is 5.75 Å². The van der Waals surface area contributed by atoms with Gasteiger partial charge < -0.3 is 15.7 Å².